The van der Waals surface area contributed by atoms with E-state index in [9.17, 15) is 9.18 Å². The highest BCUT2D eigenvalue weighted by atomic mass is 19.1. The Balaban J connectivity index is 2.20. The maximum Gasteiger partial charge on any atom is 0.335 e. The number of rotatable bonds is 4. The molecule has 104 valence electrons. The van der Waals surface area contributed by atoms with E-state index < -0.39 is 5.97 Å². The molecule has 2 aromatic carbocycles. The van der Waals surface area contributed by atoms with Gasteiger partial charge in [0.15, 0.2) is 0 Å². The van der Waals surface area contributed by atoms with Crippen molar-refractivity contribution in [2.75, 3.05) is 5.32 Å². The van der Waals surface area contributed by atoms with E-state index in [1.807, 2.05) is 13.8 Å². The lowest BCUT2D eigenvalue weighted by atomic mass is 10.1. The Bertz CT molecular complexity index is 653. The van der Waals surface area contributed by atoms with E-state index in [-0.39, 0.29) is 11.4 Å². The van der Waals surface area contributed by atoms with Crippen molar-refractivity contribution in [1.82, 2.24) is 0 Å². The molecule has 0 aliphatic heterocycles. The Labute approximate surface area is 117 Å². The molecule has 2 rings (SSSR count). The van der Waals surface area contributed by atoms with Gasteiger partial charge in [0.25, 0.3) is 0 Å². The van der Waals surface area contributed by atoms with E-state index in [0.29, 0.717) is 17.8 Å². The predicted octanol–water partition coefficient (Wildman–Crippen LogP) is 3.75. The van der Waals surface area contributed by atoms with Gasteiger partial charge in [-0.1, -0.05) is 23.8 Å². The lowest BCUT2D eigenvalue weighted by Crippen LogP contribution is -2.05. The summed E-state index contributed by atoms with van der Waals surface area (Å²) in [5, 5.41) is 12.1. The molecule has 0 aliphatic carbocycles. The summed E-state index contributed by atoms with van der Waals surface area (Å²) in [5.74, 6) is -1.25. The van der Waals surface area contributed by atoms with Gasteiger partial charge >= 0.3 is 5.97 Å². The molecule has 0 atom stereocenters. The van der Waals surface area contributed by atoms with Crippen LogP contribution in [0.5, 0.6) is 0 Å². The highest BCUT2D eigenvalue weighted by Gasteiger charge is 2.07. The summed E-state index contributed by atoms with van der Waals surface area (Å²) in [6.07, 6.45) is 0. The molecule has 0 saturated carbocycles. The Kier molecular flexibility index (Phi) is 4.03. The molecule has 0 heterocycles. The molecule has 0 spiro atoms. The molecule has 4 heteroatoms. The van der Waals surface area contributed by atoms with Crippen LogP contribution in [0, 0.1) is 19.7 Å². The van der Waals surface area contributed by atoms with Crippen LogP contribution < -0.4 is 5.32 Å². The monoisotopic (exact) mass is 273 g/mol. The zero-order valence-electron chi connectivity index (χ0n) is 11.4. The summed E-state index contributed by atoms with van der Waals surface area (Å²) >= 11 is 0. The van der Waals surface area contributed by atoms with Gasteiger partial charge in [-0.05, 0) is 37.6 Å². The first-order chi connectivity index (χ1) is 9.47. The van der Waals surface area contributed by atoms with Crippen molar-refractivity contribution in [3.8, 4) is 0 Å². The van der Waals surface area contributed by atoms with Crippen LogP contribution in [0.4, 0.5) is 10.1 Å². The number of carbonyl (C=O) groups is 1. The molecule has 2 N–H and O–H groups in total. The molecule has 2 aromatic rings. The molecule has 0 aliphatic rings. The fourth-order valence-electron chi connectivity index (χ4n) is 1.97. The molecule has 0 unspecified atom stereocenters. The van der Waals surface area contributed by atoms with Gasteiger partial charge in [-0.2, -0.15) is 0 Å². The Morgan fingerprint density at radius 2 is 1.95 bits per heavy atom. The highest BCUT2D eigenvalue weighted by molar-refractivity contribution is 5.89. The van der Waals surface area contributed by atoms with Crippen LogP contribution in [0.15, 0.2) is 36.4 Å². The van der Waals surface area contributed by atoms with Crippen molar-refractivity contribution in [3.05, 3.63) is 64.5 Å². The summed E-state index contributed by atoms with van der Waals surface area (Å²) < 4.78 is 13.6. The minimum Gasteiger partial charge on any atom is -0.478 e. The summed E-state index contributed by atoms with van der Waals surface area (Å²) in [6, 6.07) is 9.78. The Hall–Kier alpha value is -2.36. The molecule has 0 amide bonds. The molecule has 0 saturated heterocycles. The van der Waals surface area contributed by atoms with Crippen molar-refractivity contribution < 1.29 is 14.3 Å². The number of aryl methyl sites for hydroxylation is 2. The maximum absolute atomic E-state index is 13.6. The number of hydrogen-bond donors (Lipinski definition) is 2. The van der Waals surface area contributed by atoms with Gasteiger partial charge in [-0.25, -0.2) is 9.18 Å². The van der Waals surface area contributed by atoms with E-state index in [1.54, 1.807) is 30.3 Å². The zero-order chi connectivity index (χ0) is 14.7. The molecule has 0 aromatic heterocycles. The molecule has 0 fully saturated rings. The first-order valence-electron chi connectivity index (χ1n) is 6.30. The smallest absolute Gasteiger partial charge is 0.335 e. The van der Waals surface area contributed by atoms with Gasteiger partial charge in [-0.3, -0.25) is 0 Å². The Morgan fingerprint density at radius 1 is 1.20 bits per heavy atom. The third-order valence-corrected chi connectivity index (χ3v) is 3.16. The molecular weight excluding hydrogens is 257 g/mol. The highest BCUT2D eigenvalue weighted by Crippen LogP contribution is 2.19. The molecule has 0 bridgehead atoms. The largest absolute Gasteiger partial charge is 0.478 e. The summed E-state index contributed by atoms with van der Waals surface area (Å²) in [4.78, 5) is 10.9. The first-order valence-corrected chi connectivity index (χ1v) is 6.30. The van der Waals surface area contributed by atoms with Gasteiger partial charge in [0.2, 0.25) is 0 Å². The van der Waals surface area contributed by atoms with Gasteiger partial charge in [-0.15, -0.1) is 0 Å². The average Bonchev–Trinajstić information content (AvgIpc) is 2.41. The molecule has 20 heavy (non-hydrogen) atoms. The second-order valence-corrected chi connectivity index (χ2v) is 4.78. The van der Waals surface area contributed by atoms with Crippen LogP contribution in [-0.4, -0.2) is 11.1 Å². The standard InChI is InChI=1S/C16H16FNO2/c1-10-3-6-14(17)13(7-10)9-18-15-8-12(16(19)20)5-4-11(15)2/h3-8,18H,9H2,1-2H3,(H,19,20). The average molecular weight is 273 g/mol. The van der Waals surface area contributed by atoms with Gasteiger partial charge in [0.05, 0.1) is 5.56 Å². The third kappa shape index (κ3) is 3.15. The zero-order valence-corrected chi connectivity index (χ0v) is 11.4. The topological polar surface area (TPSA) is 49.3 Å². The number of carboxylic acid groups (broad SMARTS) is 1. The van der Waals surface area contributed by atoms with E-state index in [1.165, 1.54) is 6.07 Å². The SMILES string of the molecule is Cc1ccc(F)c(CNc2cc(C(=O)O)ccc2C)c1. The maximum atomic E-state index is 13.6. The third-order valence-electron chi connectivity index (χ3n) is 3.16. The number of hydrogen-bond acceptors (Lipinski definition) is 2. The Morgan fingerprint density at radius 3 is 2.65 bits per heavy atom. The van der Waals surface area contributed by atoms with E-state index in [2.05, 4.69) is 5.32 Å². The summed E-state index contributed by atoms with van der Waals surface area (Å²) in [7, 11) is 0. The van der Waals surface area contributed by atoms with E-state index in [4.69, 9.17) is 5.11 Å². The van der Waals surface area contributed by atoms with Crippen LogP contribution in [0.25, 0.3) is 0 Å². The second-order valence-electron chi connectivity index (χ2n) is 4.78. The fourth-order valence-corrected chi connectivity index (χ4v) is 1.97. The second kappa shape index (κ2) is 5.74. The van der Waals surface area contributed by atoms with Crippen LogP contribution >= 0.6 is 0 Å². The van der Waals surface area contributed by atoms with E-state index >= 15 is 0 Å². The lowest BCUT2D eigenvalue weighted by molar-refractivity contribution is 0.0697. The molecule has 3 nitrogen and oxygen atoms in total. The fraction of sp³-hybridized carbons (Fsp3) is 0.188. The van der Waals surface area contributed by atoms with Crippen LogP contribution in [0.3, 0.4) is 0 Å². The molecular formula is C16H16FNO2. The van der Waals surface area contributed by atoms with Crippen molar-refractivity contribution >= 4 is 11.7 Å². The van der Waals surface area contributed by atoms with Crippen molar-refractivity contribution in [3.63, 3.8) is 0 Å². The van der Waals surface area contributed by atoms with Crippen molar-refractivity contribution in [2.24, 2.45) is 0 Å². The first kappa shape index (κ1) is 14.1. The van der Waals surface area contributed by atoms with Gasteiger partial charge < -0.3 is 10.4 Å². The minimum absolute atomic E-state index is 0.211. The van der Waals surface area contributed by atoms with Gasteiger partial charge in [0.1, 0.15) is 5.82 Å². The van der Waals surface area contributed by atoms with Crippen molar-refractivity contribution in [1.29, 1.82) is 0 Å². The van der Waals surface area contributed by atoms with Crippen LogP contribution in [0.2, 0.25) is 0 Å². The van der Waals surface area contributed by atoms with Gasteiger partial charge in [0, 0.05) is 17.8 Å². The number of nitrogens with one attached hydrogen (secondary N) is 1. The minimum atomic E-state index is -0.977. The lowest BCUT2D eigenvalue weighted by Gasteiger charge is -2.11. The van der Waals surface area contributed by atoms with Crippen LogP contribution in [0.1, 0.15) is 27.0 Å². The quantitative estimate of drug-likeness (QED) is 0.891. The normalized spacial score (nSPS) is 10.3. The number of halogens is 1. The number of carboxylic acids is 1. The number of anilines is 1. The predicted molar refractivity (Wildman–Crippen MR) is 76.6 cm³/mol. The number of aromatic carboxylic acids is 1. The van der Waals surface area contributed by atoms with Crippen LogP contribution in [-0.2, 0) is 6.54 Å². The van der Waals surface area contributed by atoms with E-state index in [0.717, 1.165) is 11.1 Å². The summed E-state index contributed by atoms with van der Waals surface area (Å²) in [6.45, 7) is 4.09. The summed E-state index contributed by atoms with van der Waals surface area (Å²) in [5.41, 5.74) is 3.38. The molecule has 0 radical (unpaired) electrons. The number of benzene rings is 2. The van der Waals surface area contributed by atoms with Crippen molar-refractivity contribution in [2.45, 2.75) is 20.4 Å².